The van der Waals surface area contributed by atoms with E-state index in [1.54, 1.807) is 0 Å². The summed E-state index contributed by atoms with van der Waals surface area (Å²) < 4.78 is 7.55. The number of aryl methyl sites for hydroxylation is 2. The fourth-order valence-corrected chi connectivity index (χ4v) is 1.69. The lowest BCUT2D eigenvalue weighted by Gasteiger charge is -2.07. The monoisotopic (exact) mass is 231 g/mol. The first-order valence-electron chi connectivity index (χ1n) is 5.73. The van der Waals surface area contributed by atoms with Crippen LogP contribution in [0.1, 0.15) is 12.1 Å². The number of nitrogens with two attached hydrogens (primary N) is 1. The molecule has 0 atom stereocenters. The molecule has 0 aliphatic heterocycles. The van der Waals surface area contributed by atoms with Crippen molar-refractivity contribution in [3.63, 3.8) is 0 Å². The van der Waals surface area contributed by atoms with Gasteiger partial charge in [0.25, 0.3) is 0 Å². The van der Waals surface area contributed by atoms with Crippen LogP contribution in [0.5, 0.6) is 5.75 Å². The molecule has 0 unspecified atom stereocenters. The number of anilines is 1. The van der Waals surface area contributed by atoms with E-state index in [0.29, 0.717) is 12.6 Å². The van der Waals surface area contributed by atoms with E-state index in [1.165, 1.54) is 0 Å². The van der Waals surface area contributed by atoms with Crippen LogP contribution in [-0.4, -0.2) is 16.2 Å². The molecule has 1 aromatic carbocycles. The molecule has 1 heterocycles. The molecule has 2 N–H and O–H groups in total. The Balaban J connectivity index is 1.75. The van der Waals surface area contributed by atoms with Gasteiger partial charge >= 0.3 is 0 Å². The van der Waals surface area contributed by atoms with Gasteiger partial charge in [0.1, 0.15) is 5.75 Å². The SMILES string of the molecule is Cc1cn(CCCOc2ccccc2)c(N)n1. The lowest BCUT2D eigenvalue weighted by atomic mass is 10.3. The van der Waals surface area contributed by atoms with Crippen molar-refractivity contribution in [3.8, 4) is 5.75 Å². The first-order chi connectivity index (χ1) is 8.25. The quantitative estimate of drug-likeness (QED) is 0.803. The van der Waals surface area contributed by atoms with E-state index in [-0.39, 0.29) is 0 Å². The van der Waals surface area contributed by atoms with Gasteiger partial charge in [-0.1, -0.05) is 18.2 Å². The summed E-state index contributed by atoms with van der Waals surface area (Å²) in [5, 5.41) is 0. The van der Waals surface area contributed by atoms with E-state index in [2.05, 4.69) is 4.98 Å². The lowest BCUT2D eigenvalue weighted by Crippen LogP contribution is -2.06. The van der Waals surface area contributed by atoms with E-state index >= 15 is 0 Å². The molecule has 2 rings (SSSR count). The maximum Gasteiger partial charge on any atom is 0.200 e. The molecule has 0 spiro atoms. The summed E-state index contributed by atoms with van der Waals surface area (Å²) in [7, 11) is 0. The van der Waals surface area contributed by atoms with Crippen molar-refractivity contribution in [1.82, 2.24) is 9.55 Å². The molecule has 4 heteroatoms. The second-order valence-electron chi connectivity index (χ2n) is 3.95. The Morgan fingerprint density at radius 1 is 1.29 bits per heavy atom. The second-order valence-corrected chi connectivity index (χ2v) is 3.95. The number of rotatable bonds is 5. The molecule has 0 aliphatic carbocycles. The van der Waals surface area contributed by atoms with Gasteiger partial charge in [-0.15, -0.1) is 0 Å². The van der Waals surface area contributed by atoms with E-state index < -0.39 is 0 Å². The van der Waals surface area contributed by atoms with Crippen LogP contribution in [0, 0.1) is 6.92 Å². The van der Waals surface area contributed by atoms with Crippen LogP contribution in [0.15, 0.2) is 36.5 Å². The predicted octanol–water partition coefficient (Wildman–Crippen LogP) is 2.24. The summed E-state index contributed by atoms with van der Waals surface area (Å²) >= 11 is 0. The van der Waals surface area contributed by atoms with Crippen LogP contribution in [-0.2, 0) is 6.54 Å². The molecular weight excluding hydrogens is 214 g/mol. The highest BCUT2D eigenvalue weighted by Gasteiger charge is 2.00. The number of aromatic nitrogens is 2. The Morgan fingerprint density at radius 3 is 2.71 bits per heavy atom. The minimum absolute atomic E-state index is 0.571. The molecule has 0 saturated carbocycles. The molecule has 0 fully saturated rings. The van der Waals surface area contributed by atoms with Crippen molar-refractivity contribution in [2.75, 3.05) is 12.3 Å². The van der Waals surface area contributed by atoms with Crippen LogP contribution in [0.4, 0.5) is 5.95 Å². The van der Waals surface area contributed by atoms with Gasteiger partial charge in [-0.25, -0.2) is 4.98 Å². The Bertz CT molecular complexity index is 465. The largest absolute Gasteiger partial charge is 0.494 e. The predicted molar refractivity (Wildman–Crippen MR) is 67.9 cm³/mol. The van der Waals surface area contributed by atoms with Crippen molar-refractivity contribution in [2.24, 2.45) is 0 Å². The van der Waals surface area contributed by atoms with E-state index in [9.17, 15) is 0 Å². The van der Waals surface area contributed by atoms with Crippen molar-refractivity contribution < 1.29 is 4.74 Å². The molecule has 17 heavy (non-hydrogen) atoms. The molecular formula is C13H17N3O. The zero-order valence-corrected chi connectivity index (χ0v) is 9.97. The number of hydrogen-bond acceptors (Lipinski definition) is 3. The van der Waals surface area contributed by atoms with Gasteiger partial charge in [-0.2, -0.15) is 0 Å². The molecule has 0 bridgehead atoms. The highest BCUT2D eigenvalue weighted by Crippen LogP contribution is 2.09. The van der Waals surface area contributed by atoms with Gasteiger partial charge in [-0.05, 0) is 25.5 Å². The number of nitrogen functional groups attached to an aromatic ring is 1. The number of nitrogens with zero attached hydrogens (tertiary/aromatic N) is 2. The second kappa shape index (κ2) is 5.39. The summed E-state index contributed by atoms with van der Waals surface area (Å²) in [6, 6.07) is 9.81. The number of imidazole rings is 1. The smallest absolute Gasteiger partial charge is 0.200 e. The molecule has 1 aromatic heterocycles. The number of hydrogen-bond donors (Lipinski definition) is 1. The zero-order chi connectivity index (χ0) is 12.1. The van der Waals surface area contributed by atoms with E-state index in [1.807, 2.05) is 48.0 Å². The number of para-hydroxylation sites is 1. The van der Waals surface area contributed by atoms with Crippen LogP contribution in [0.2, 0.25) is 0 Å². The average molecular weight is 231 g/mol. The van der Waals surface area contributed by atoms with Crippen molar-refractivity contribution in [2.45, 2.75) is 19.9 Å². The van der Waals surface area contributed by atoms with Crippen molar-refractivity contribution >= 4 is 5.95 Å². The third-order valence-electron chi connectivity index (χ3n) is 2.48. The van der Waals surface area contributed by atoms with Crippen LogP contribution < -0.4 is 10.5 Å². The fourth-order valence-electron chi connectivity index (χ4n) is 1.69. The Kier molecular flexibility index (Phi) is 3.65. The topological polar surface area (TPSA) is 53.1 Å². The Labute approximate surface area is 101 Å². The van der Waals surface area contributed by atoms with E-state index in [4.69, 9.17) is 10.5 Å². The molecule has 0 amide bonds. The lowest BCUT2D eigenvalue weighted by molar-refractivity contribution is 0.302. The fraction of sp³-hybridized carbons (Fsp3) is 0.308. The van der Waals surface area contributed by atoms with Gasteiger partial charge in [0.05, 0.1) is 12.3 Å². The molecule has 90 valence electrons. The minimum Gasteiger partial charge on any atom is -0.494 e. The normalized spacial score (nSPS) is 10.4. The molecule has 0 saturated heterocycles. The van der Waals surface area contributed by atoms with Gasteiger partial charge in [0, 0.05) is 12.7 Å². The van der Waals surface area contributed by atoms with E-state index in [0.717, 1.165) is 24.4 Å². The van der Waals surface area contributed by atoms with Crippen molar-refractivity contribution in [1.29, 1.82) is 0 Å². The summed E-state index contributed by atoms with van der Waals surface area (Å²) in [6.07, 6.45) is 2.87. The van der Waals surface area contributed by atoms with Gasteiger partial charge < -0.3 is 15.0 Å². The first kappa shape index (κ1) is 11.5. The standard InChI is InChI=1S/C13H17N3O/c1-11-10-16(13(14)15-11)8-5-9-17-12-6-3-2-4-7-12/h2-4,6-7,10H,5,8-9H2,1H3,(H2,14,15). The third kappa shape index (κ3) is 3.24. The van der Waals surface area contributed by atoms with Crippen LogP contribution >= 0.6 is 0 Å². The number of benzene rings is 1. The third-order valence-corrected chi connectivity index (χ3v) is 2.48. The van der Waals surface area contributed by atoms with Gasteiger partial charge in [0.15, 0.2) is 5.95 Å². The summed E-state index contributed by atoms with van der Waals surface area (Å²) in [6.45, 7) is 3.45. The molecule has 4 nitrogen and oxygen atoms in total. The Hall–Kier alpha value is -1.97. The minimum atomic E-state index is 0.571. The van der Waals surface area contributed by atoms with Crippen LogP contribution in [0.25, 0.3) is 0 Å². The molecule has 0 radical (unpaired) electrons. The zero-order valence-electron chi connectivity index (χ0n) is 9.97. The van der Waals surface area contributed by atoms with Crippen molar-refractivity contribution in [3.05, 3.63) is 42.2 Å². The van der Waals surface area contributed by atoms with Gasteiger partial charge in [-0.3, -0.25) is 0 Å². The highest BCUT2D eigenvalue weighted by molar-refractivity contribution is 5.21. The van der Waals surface area contributed by atoms with Crippen LogP contribution in [0.3, 0.4) is 0 Å². The maximum absolute atomic E-state index is 5.75. The number of ether oxygens (including phenoxy) is 1. The maximum atomic E-state index is 5.75. The van der Waals surface area contributed by atoms with Gasteiger partial charge in [0.2, 0.25) is 0 Å². The Morgan fingerprint density at radius 2 is 2.06 bits per heavy atom. The average Bonchev–Trinajstić information content (AvgIpc) is 2.65. The highest BCUT2D eigenvalue weighted by atomic mass is 16.5. The summed E-state index contributed by atoms with van der Waals surface area (Å²) in [5.74, 6) is 1.48. The first-order valence-corrected chi connectivity index (χ1v) is 5.73. The molecule has 2 aromatic rings. The summed E-state index contributed by atoms with van der Waals surface area (Å²) in [4.78, 5) is 4.15. The summed E-state index contributed by atoms with van der Waals surface area (Å²) in [5.41, 5.74) is 6.70. The molecule has 0 aliphatic rings.